The minimum atomic E-state index is -4.29. The summed E-state index contributed by atoms with van der Waals surface area (Å²) in [6, 6.07) is 16.1. The molecule has 1 N–H and O–H groups in total. The summed E-state index contributed by atoms with van der Waals surface area (Å²) in [4.78, 5) is 29.3. The standard InChI is InChI=1S/C31H33Cl4N3O4S/c1-2-28(31(40)36-24-9-5-3-6-10-24)37(19-21-13-14-22(32)17-27(21)35)30(39)20-38(29-18-23(33)15-16-26(29)34)43(41,42)25-11-7-4-8-12-25/h4,7-8,11-18,24,28H,2-3,5-6,9-10,19-20H2,1H3,(H,36,40). The average molecular weight is 686 g/mol. The lowest BCUT2D eigenvalue weighted by atomic mass is 9.95. The lowest BCUT2D eigenvalue weighted by Gasteiger charge is -2.34. The first kappa shape index (κ1) is 33.4. The second kappa shape index (κ2) is 15.0. The third-order valence-corrected chi connectivity index (χ3v) is 10.4. The van der Waals surface area contributed by atoms with E-state index in [4.69, 9.17) is 46.4 Å². The quantitative estimate of drug-likeness (QED) is 0.224. The van der Waals surface area contributed by atoms with Crippen molar-refractivity contribution in [2.45, 2.75) is 69.0 Å². The number of halogens is 4. The molecule has 7 nitrogen and oxygen atoms in total. The SMILES string of the molecule is CCC(C(=O)NC1CCCCC1)N(Cc1ccc(Cl)cc1Cl)C(=O)CN(c1cc(Cl)ccc1Cl)S(=O)(=O)c1ccccc1. The molecule has 0 radical (unpaired) electrons. The zero-order chi connectivity index (χ0) is 31.1. The van der Waals surface area contributed by atoms with Crippen LogP contribution in [0, 0.1) is 0 Å². The molecule has 43 heavy (non-hydrogen) atoms. The predicted octanol–water partition coefficient (Wildman–Crippen LogP) is 7.75. The fourth-order valence-electron chi connectivity index (χ4n) is 5.21. The van der Waals surface area contributed by atoms with Gasteiger partial charge in [-0.25, -0.2) is 8.42 Å². The van der Waals surface area contributed by atoms with Crippen LogP contribution in [0.4, 0.5) is 5.69 Å². The van der Waals surface area contributed by atoms with Crippen molar-refractivity contribution in [3.05, 3.63) is 92.4 Å². The molecule has 3 aromatic rings. The van der Waals surface area contributed by atoms with Crippen LogP contribution in [0.15, 0.2) is 71.6 Å². The molecule has 1 atom stereocenters. The van der Waals surface area contributed by atoms with Gasteiger partial charge in [-0.2, -0.15) is 0 Å². The summed E-state index contributed by atoms with van der Waals surface area (Å²) in [5.41, 5.74) is 0.595. The topological polar surface area (TPSA) is 86.8 Å². The molecular formula is C31H33Cl4N3O4S. The highest BCUT2D eigenvalue weighted by Crippen LogP contribution is 2.33. The van der Waals surface area contributed by atoms with Crippen molar-refractivity contribution in [2.75, 3.05) is 10.8 Å². The third-order valence-electron chi connectivity index (χ3n) is 7.48. The van der Waals surface area contributed by atoms with Gasteiger partial charge in [-0.05, 0) is 67.3 Å². The van der Waals surface area contributed by atoms with E-state index in [2.05, 4.69) is 5.32 Å². The Morgan fingerprint density at radius 2 is 1.53 bits per heavy atom. The summed E-state index contributed by atoms with van der Waals surface area (Å²) in [7, 11) is -4.29. The molecule has 230 valence electrons. The number of benzene rings is 3. The summed E-state index contributed by atoms with van der Waals surface area (Å²) in [5.74, 6) is -0.918. The number of nitrogens with zero attached hydrogens (tertiary/aromatic N) is 2. The first-order valence-corrected chi connectivity index (χ1v) is 17.0. The van der Waals surface area contributed by atoms with Gasteiger partial charge in [0.25, 0.3) is 10.0 Å². The molecule has 0 heterocycles. The van der Waals surface area contributed by atoms with Gasteiger partial charge in [0.15, 0.2) is 0 Å². The highest BCUT2D eigenvalue weighted by molar-refractivity contribution is 7.92. The van der Waals surface area contributed by atoms with Gasteiger partial charge in [-0.15, -0.1) is 0 Å². The van der Waals surface area contributed by atoms with Gasteiger partial charge in [0.2, 0.25) is 11.8 Å². The van der Waals surface area contributed by atoms with Gasteiger partial charge >= 0.3 is 0 Å². The van der Waals surface area contributed by atoms with Gasteiger partial charge < -0.3 is 10.2 Å². The highest BCUT2D eigenvalue weighted by Gasteiger charge is 2.35. The van der Waals surface area contributed by atoms with Crippen LogP contribution in [-0.2, 0) is 26.2 Å². The maximum Gasteiger partial charge on any atom is 0.264 e. The van der Waals surface area contributed by atoms with Gasteiger partial charge in [0.1, 0.15) is 12.6 Å². The number of rotatable bonds is 11. The smallest absolute Gasteiger partial charge is 0.264 e. The highest BCUT2D eigenvalue weighted by atomic mass is 35.5. The molecule has 3 aromatic carbocycles. The van der Waals surface area contributed by atoms with E-state index in [0.717, 1.165) is 36.4 Å². The second-order valence-electron chi connectivity index (χ2n) is 10.4. The Morgan fingerprint density at radius 1 is 0.884 bits per heavy atom. The molecule has 1 unspecified atom stereocenters. The lowest BCUT2D eigenvalue weighted by molar-refractivity contribution is -0.140. The first-order chi connectivity index (χ1) is 20.5. The minimum absolute atomic E-state index is 0.0200. The van der Waals surface area contributed by atoms with E-state index in [1.165, 1.54) is 35.2 Å². The van der Waals surface area contributed by atoms with Crippen LogP contribution in [0.2, 0.25) is 20.1 Å². The van der Waals surface area contributed by atoms with Crippen LogP contribution >= 0.6 is 46.4 Å². The monoisotopic (exact) mass is 683 g/mol. The normalized spacial score (nSPS) is 14.6. The molecule has 2 amide bonds. The number of sulfonamides is 1. The number of nitrogens with one attached hydrogen (secondary N) is 1. The van der Waals surface area contributed by atoms with Gasteiger partial charge in [-0.1, -0.05) is 96.9 Å². The predicted molar refractivity (Wildman–Crippen MR) is 174 cm³/mol. The Morgan fingerprint density at radius 3 is 2.19 bits per heavy atom. The van der Waals surface area contributed by atoms with Crippen LogP contribution in [-0.4, -0.2) is 43.8 Å². The molecule has 0 bridgehead atoms. The second-order valence-corrected chi connectivity index (χ2v) is 14.0. The van der Waals surface area contributed by atoms with Crippen molar-refractivity contribution >= 4 is 73.9 Å². The molecule has 0 aliphatic heterocycles. The van der Waals surface area contributed by atoms with Crippen molar-refractivity contribution in [1.82, 2.24) is 10.2 Å². The first-order valence-electron chi connectivity index (χ1n) is 14.1. The Labute approximate surface area is 273 Å². The lowest BCUT2D eigenvalue weighted by Crippen LogP contribution is -2.54. The molecule has 1 aliphatic carbocycles. The molecule has 0 aromatic heterocycles. The average Bonchev–Trinajstić information content (AvgIpc) is 2.99. The fraction of sp³-hybridized carbons (Fsp3) is 0.355. The summed E-state index contributed by atoms with van der Waals surface area (Å²) in [6.45, 7) is 1.12. The summed E-state index contributed by atoms with van der Waals surface area (Å²) in [5, 5.41) is 4.18. The Balaban J connectivity index is 1.75. The number of anilines is 1. The summed E-state index contributed by atoms with van der Waals surface area (Å²) >= 11 is 25.3. The zero-order valence-corrected chi connectivity index (χ0v) is 27.5. The molecule has 0 saturated heterocycles. The van der Waals surface area contributed by atoms with Crippen molar-refractivity contribution in [2.24, 2.45) is 0 Å². The van der Waals surface area contributed by atoms with Gasteiger partial charge in [0.05, 0.1) is 15.6 Å². The number of amides is 2. The van der Waals surface area contributed by atoms with E-state index >= 15 is 0 Å². The van der Waals surface area contributed by atoms with E-state index in [1.807, 2.05) is 0 Å². The number of carbonyl (C=O) groups is 2. The summed E-state index contributed by atoms with van der Waals surface area (Å²) in [6.07, 6.45) is 5.21. The molecule has 12 heteroatoms. The maximum absolute atomic E-state index is 14.3. The Hall–Kier alpha value is -2.49. The van der Waals surface area contributed by atoms with E-state index in [9.17, 15) is 18.0 Å². The molecule has 1 fully saturated rings. The Kier molecular flexibility index (Phi) is 11.6. The van der Waals surface area contributed by atoms with E-state index in [-0.39, 0.29) is 39.1 Å². The Bertz CT molecular complexity index is 1550. The van der Waals surface area contributed by atoms with Crippen LogP contribution < -0.4 is 9.62 Å². The molecule has 4 rings (SSSR count). The largest absolute Gasteiger partial charge is 0.352 e. The fourth-order valence-corrected chi connectivity index (χ4v) is 7.56. The van der Waals surface area contributed by atoms with Crippen LogP contribution in [0.1, 0.15) is 51.0 Å². The van der Waals surface area contributed by atoms with Crippen LogP contribution in [0.3, 0.4) is 0 Å². The summed E-state index contributed by atoms with van der Waals surface area (Å²) < 4.78 is 28.9. The van der Waals surface area contributed by atoms with Crippen molar-refractivity contribution in [3.63, 3.8) is 0 Å². The maximum atomic E-state index is 14.3. The van der Waals surface area contributed by atoms with Crippen molar-refractivity contribution in [1.29, 1.82) is 0 Å². The molecule has 1 aliphatic rings. The minimum Gasteiger partial charge on any atom is -0.352 e. The zero-order valence-electron chi connectivity index (χ0n) is 23.6. The molecular weight excluding hydrogens is 652 g/mol. The molecule has 0 spiro atoms. The van der Waals surface area contributed by atoms with Crippen LogP contribution in [0.25, 0.3) is 0 Å². The van der Waals surface area contributed by atoms with Crippen LogP contribution in [0.5, 0.6) is 0 Å². The number of hydrogen-bond acceptors (Lipinski definition) is 4. The number of carbonyl (C=O) groups excluding carboxylic acids is 2. The third kappa shape index (κ3) is 8.37. The number of hydrogen-bond donors (Lipinski definition) is 1. The van der Waals surface area contributed by atoms with E-state index < -0.39 is 28.5 Å². The van der Waals surface area contributed by atoms with Crippen molar-refractivity contribution < 1.29 is 18.0 Å². The molecule has 1 saturated carbocycles. The van der Waals surface area contributed by atoms with Gasteiger partial charge in [-0.3, -0.25) is 13.9 Å². The van der Waals surface area contributed by atoms with Crippen molar-refractivity contribution in [3.8, 4) is 0 Å². The van der Waals surface area contributed by atoms with E-state index in [0.29, 0.717) is 22.0 Å². The van der Waals surface area contributed by atoms with E-state index in [1.54, 1.807) is 43.3 Å². The van der Waals surface area contributed by atoms with Gasteiger partial charge in [0, 0.05) is 27.7 Å².